The van der Waals surface area contributed by atoms with Crippen LogP contribution in [0.15, 0.2) is 23.2 Å². The summed E-state index contributed by atoms with van der Waals surface area (Å²) in [5.41, 5.74) is 7.56. The second-order valence-electron chi connectivity index (χ2n) is 8.38. The maximum absolute atomic E-state index is 13.2. The molecule has 3 N–H and O–H groups in total. The van der Waals surface area contributed by atoms with Crippen molar-refractivity contribution in [2.75, 3.05) is 32.7 Å². The van der Waals surface area contributed by atoms with Gasteiger partial charge >= 0.3 is 6.03 Å². The number of fused-ring (bicyclic) bond motifs is 1. The summed E-state index contributed by atoms with van der Waals surface area (Å²) in [5.74, 6) is 1.18. The fraction of sp³-hybridized carbons (Fsp3) is 0.636. The van der Waals surface area contributed by atoms with Gasteiger partial charge < -0.3 is 20.9 Å². The van der Waals surface area contributed by atoms with Crippen LogP contribution in [0, 0.1) is 5.92 Å². The second kappa shape index (κ2) is 9.30. The van der Waals surface area contributed by atoms with Crippen molar-refractivity contribution in [2.45, 2.75) is 50.9 Å². The molecule has 1 aromatic rings. The molecular formula is C22H32N4O2S. The number of nitrogens with one attached hydrogen (secondary N) is 1. The highest BCUT2D eigenvalue weighted by atomic mass is 32.1. The van der Waals surface area contributed by atoms with E-state index in [1.807, 2.05) is 15.2 Å². The fourth-order valence-corrected chi connectivity index (χ4v) is 5.94. The Morgan fingerprint density at radius 3 is 2.69 bits per heavy atom. The van der Waals surface area contributed by atoms with E-state index in [0.717, 1.165) is 50.9 Å². The van der Waals surface area contributed by atoms with Crippen molar-refractivity contribution >= 4 is 23.3 Å². The average molecular weight is 417 g/mol. The van der Waals surface area contributed by atoms with Gasteiger partial charge in [-0.05, 0) is 62.8 Å². The summed E-state index contributed by atoms with van der Waals surface area (Å²) >= 11 is 1.70. The van der Waals surface area contributed by atoms with E-state index in [1.165, 1.54) is 29.8 Å². The highest BCUT2D eigenvalue weighted by Gasteiger charge is 2.32. The Labute approximate surface area is 177 Å². The lowest BCUT2D eigenvalue weighted by atomic mass is 9.84. The molecule has 0 saturated carbocycles. The van der Waals surface area contributed by atoms with Crippen molar-refractivity contribution < 1.29 is 9.59 Å². The number of hydrogen-bond donors (Lipinski definition) is 2. The summed E-state index contributed by atoms with van der Waals surface area (Å²) in [5, 5.41) is 4.88. The van der Waals surface area contributed by atoms with Crippen LogP contribution in [0.4, 0.5) is 4.79 Å². The zero-order valence-corrected chi connectivity index (χ0v) is 17.9. The molecule has 29 heavy (non-hydrogen) atoms. The second-order valence-corrected chi connectivity index (χ2v) is 9.32. The Balaban J connectivity index is 1.37. The Hall–Kier alpha value is -1.86. The topological polar surface area (TPSA) is 78.7 Å². The summed E-state index contributed by atoms with van der Waals surface area (Å²) in [6, 6.07) is 2.09. The SMILES string of the molecule is NCCNC(=O)N1CCC(c2cc(C(=O)N3CCCC4CCCC=C43)cs2)CC1. The lowest BCUT2D eigenvalue weighted by Crippen LogP contribution is -2.45. The van der Waals surface area contributed by atoms with Gasteiger partial charge in [0.1, 0.15) is 0 Å². The van der Waals surface area contributed by atoms with Gasteiger partial charge in [0.25, 0.3) is 5.91 Å². The molecule has 2 fully saturated rings. The average Bonchev–Trinajstić information content (AvgIpc) is 3.27. The number of piperidine rings is 2. The third kappa shape index (κ3) is 4.51. The third-order valence-corrected chi connectivity index (χ3v) is 7.59. The fourth-order valence-electron chi connectivity index (χ4n) is 4.89. The Bertz CT molecular complexity index is 767. The first kappa shape index (κ1) is 20.4. The molecule has 0 spiro atoms. The monoisotopic (exact) mass is 416 g/mol. The number of carbonyl (C=O) groups excluding carboxylic acids is 2. The van der Waals surface area contributed by atoms with Gasteiger partial charge in [-0.1, -0.05) is 6.08 Å². The van der Waals surface area contributed by atoms with Crippen LogP contribution in [0.5, 0.6) is 0 Å². The van der Waals surface area contributed by atoms with Crippen LogP contribution in [0.1, 0.15) is 66.1 Å². The molecule has 2 saturated heterocycles. The lowest BCUT2D eigenvalue weighted by Gasteiger charge is -2.37. The van der Waals surface area contributed by atoms with E-state index in [0.29, 0.717) is 24.9 Å². The molecule has 2 aliphatic heterocycles. The third-order valence-electron chi connectivity index (χ3n) is 6.49. The van der Waals surface area contributed by atoms with Crippen LogP contribution in [0.25, 0.3) is 0 Å². The summed E-state index contributed by atoms with van der Waals surface area (Å²) in [4.78, 5) is 30.5. The predicted octanol–water partition coefficient (Wildman–Crippen LogP) is 3.52. The minimum Gasteiger partial charge on any atom is -0.337 e. The van der Waals surface area contributed by atoms with Crippen LogP contribution >= 0.6 is 11.3 Å². The van der Waals surface area contributed by atoms with E-state index in [4.69, 9.17) is 5.73 Å². The Morgan fingerprint density at radius 2 is 1.90 bits per heavy atom. The molecule has 6 nitrogen and oxygen atoms in total. The normalized spacial score (nSPS) is 22.8. The zero-order chi connectivity index (χ0) is 20.2. The van der Waals surface area contributed by atoms with Crippen molar-refractivity contribution in [2.24, 2.45) is 11.7 Å². The molecule has 0 bridgehead atoms. The number of allylic oxidation sites excluding steroid dienone is 2. The van der Waals surface area contributed by atoms with Crippen LogP contribution < -0.4 is 11.1 Å². The van der Waals surface area contributed by atoms with Crippen LogP contribution in [0.2, 0.25) is 0 Å². The number of likely N-dealkylation sites (tertiary alicyclic amines) is 2. The molecule has 3 aliphatic rings. The number of carbonyl (C=O) groups is 2. The molecule has 7 heteroatoms. The quantitative estimate of drug-likeness (QED) is 0.788. The van der Waals surface area contributed by atoms with Crippen LogP contribution in [-0.4, -0.2) is 54.5 Å². The smallest absolute Gasteiger partial charge is 0.317 e. The van der Waals surface area contributed by atoms with Gasteiger partial charge in [0.05, 0.1) is 5.56 Å². The van der Waals surface area contributed by atoms with Gasteiger partial charge in [0, 0.05) is 48.7 Å². The van der Waals surface area contributed by atoms with Gasteiger partial charge in [-0.25, -0.2) is 4.79 Å². The summed E-state index contributed by atoms with van der Waals surface area (Å²) in [6.45, 7) is 3.33. The summed E-state index contributed by atoms with van der Waals surface area (Å²) in [6.07, 6.45) is 10.1. The number of amides is 3. The van der Waals surface area contributed by atoms with Crippen molar-refractivity contribution in [3.63, 3.8) is 0 Å². The first-order chi connectivity index (χ1) is 14.2. The Morgan fingerprint density at radius 1 is 1.10 bits per heavy atom. The van der Waals surface area contributed by atoms with Crippen molar-refractivity contribution in [1.82, 2.24) is 15.1 Å². The maximum atomic E-state index is 13.2. The van der Waals surface area contributed by atoms with Crippen molar-refractivity contribution in [1.29, 1.82) is 0 Å². The van der Waals surface area contributed by atoms with E-state index in [-0.39, 0.29) is 11.9 Å². The molecule has 1 atom stereocenters. The first-order valence-corrected chi connectivity index (χ1v) is 11.9. The number of urea groups is 1. The lowest BCUT2D eigenvalue weighted by molar-refractivity contribution is 0.0749. The molecule has 1 aliphatic carbocycles. The Kier molecular flexibility index (Phi) is 6.55. The van der Waals surface area contributed by atoms with Gasteiger partial charge in [-0.3, -0.25) is 4.79 Å². The van der Waals surface area contributed by atoms with Crippen molar-refractivity contribution in [3.05, 3.63) is 33.7 Å². The molecule has 3 amide bonds. The highest BCUT2D eigenvalue weighted by molar-refractivity contribution is 7.10. The highest BCUT2D eigenvalue weighted by Crippen LogP contribution is 2.37. The zero-order valence-electron chi connectivity index (χ0n) is 17.1. The van der Waals surface area contributed by atoms with E-state index in [9.17, 15) is 9.59 Å². The number of thiophene rings is 1. The molecule has 158 valence electrons. The van der Waals surface area contributed by atoms with Gasteiger partial charge in [0.15, 0.2) is 0 Å². The maximum Gasteiger partial charge on any atom is 0.317 e. The van der Waals surface area contributed by atoms with E-state index >= 15 is 0 Å². The van der Waals surface area contributed by atoms with Gasteiger partial charge in [-0.2, -0.15) is 0 Å². The largest absolute Gasteiger partial charge is 0.337 e. The molecule has 1 aromatic heterocycles. The van der Waals surface area contributed by atoms with Gasteiger partial charge in [0.2, 0.25) is 0 Å². The molecule has 4 rings (SSSR count). The molecule has 0 aromatic carbocycles. The molecular weight excluding hydrogens is 384 g/mol. The minimum absolute atomic E-state index is 0.0173. The standard InChI is InChI=1S/C22H32N4O2S/c23-9-10-24-22(28)25-12-7-17(8-13-25)20-14-18(15-29-20)21(27)26-11-3-5-16-4-1-2-6-19(16)26/h6,14-17H,1-5,7-13,23H2,(H,24,28). The number of nitrogens with two attached hydrogens (primary N) is 1. The number of nitrogens with zero attached hydrogens (tertiary/aromatic N) is 2. The summed E-state index contributed by atoms with van der Waals surface area (Å²) < 4.78 is 0. The minimum atomic E-state index is -0.0173. The van der Waals surface area contributed by atoms with Crippen LogP contribution in [0.3, 0.4) is 0 Å². The van der Waals surface area contributed by atoms with E-state index in [2.05, 4.69) is 17.5 Å². The molecule has 0 radical (unpaired) electrons. The van der Waals surface area contributed by atoms with E-state index < -0.39 is 0 Å². The van der Waals surface area contributed by atoms with E-state index in [1.54, 1.807) is 11.3 Å². The number of hydrogen-bond acceptors (Lipinski definition) is 4. The first-order valence-electron chi connectivity index (χ1n) is 11.0. The molecule has 1 unspecified atom stereocenters. The van der Waals surface area contributed by atoms with Gasteiger partial charge in [-0.15, -0.1) is 11.3 Å². The van der Waals surface area contributed by atoms with Crippen LogP contribution in [-0.2, 0) is 0 Å². The summed E-state index contributed by atoms with van der Waals surface area (Å²) in [7, 11) is 0. The predicted molar refractivity (Wildman–Crippen MR) is 116 cm³/mol. The van der Waals surface area contributed by atoms with Crippen molar-refractivity contribution in [3.8, 4) is 0 Å². The molecule has 3 heterocycles. The number of rotatable bonds is 4.